The summed E-state index contributed by atoms with van der Waals surface area (Å²) in [6.07, 6.45) is 5.28. The van der Waals surface area contributed by atoms with Gasteiger partial charge < -0.3 is 14.0 Å². The number of fused-ring (bicyclic) bond motifs is 1. The molecule has 1 aliphatic rings. The smallest absolute Gasteiger partial charge is 0.163 e. The summed E-state index contributed by atoms with van der Waals surface area (Å²) in [6.45, 7) is 0.963. The predicted octanol–water partition coefficient (Wildman–Crippen LogP) is 3.98. The van der Waals surface area contributed by atoms with Crippen LogP contribution in [-0.2, 0) is 12.4 Å². The molecule has 0 spiro atoms. The number of halogens is 1. The van der Waals surface area contributed by atoms with Crippen molar-refractivity contribution in [3.63, 3.8) is 0 Å². The summed E-state index contributed by atoms with van der Waals surface area (Å²) in [6, 6.07) is 3.91. The number of rotatable bonds is 7. The average Bonchev–Trinajstić information content (AvgIpc) is 3.27. The van der Waals surface area contributed by atoms with Crippen molar-refractivity contribution >= 4 is 22.6 Å². The number of aryl methyl sites for hydroxylation is 1. The van der Waals surface area contributed by atoms with Gasteiger partial charge in [0.05, 0.1) is 31.1 Å². The zero-order chi connectivity index (χ0) is 14.8. The Hall–Kier alpha value is -1.42. The first kappa shape index (κ1) is 14.5. The molecule has 0 N–H and O–H groups in total. The Labute approximate surface area is 130 Å². The Morgan fingerprint density at radius 2 is 1.95 bits per heavy atom. The van der Waals surface area contributed by atoms with E-state index in [0.717, 1.165) is 35.1 Å². The monoisotopic (exact) mass is 308 g/mol. The molecule has 5 heteroatoms. The number of aromatic nitrogens is 2. The van der Waals surface area contributed by atoms with Crippen molar-refractivity contribution in [2.45, 2.75) is 38.1 Å². The minimum atomic E-state index is 0.419. The molecule has 114 valence electrons. The second-order valence-corrected chi connectivity index (χ2v) is 5.86. The van der Waals surface area contributed by atoms with Gasteiger partial charge in [0.15, 0.2) is 11.5 Å². The lowest BCUT2D eigenvalue weighted by molar-refractivity contribution is 0.355. The van der Waals surface area contributed by atoms with Crippen molar-refractivity contribution in [2.24, 2.45) is 5.92 Å². The van der Waals surface area contributed by atoms with Crippen LogP contribution < -0.4 is 9.47 Å². The summed E-state index contributed by atoms with van der Waals surface area (Å²) in [5.41, 5.74) is 1.98. The number of ether oxygens (including phenoxy) is 2. The highest BCUT2D eigenvalue weighted by atomic mass is 35.5. The Kier molecular flexibility index (Phi) is 4.24. The summed E-state index contributed by atoms with van der Waals surface area (Å²) in [5.74, 6) is 3.72. The van der Waals surface area contributed by atoms with E-state index in [-0.39, 0.29) is 0 Å². The molecule has 0 atom stereocenters. The molecular formula is C16H21ClN2O2. The van der Waals surface area contributed by atoms with Crippen molar-refractivity contribution in [1.29, 1.82) is 0 Å². The third kappa shape index (κ3) is 2.95. The number of hydrogen-bond donors (Lipinski definition) is 0. The quantitative estimate of drug-likeness (QED) is 0.726. The Balaban J connectivity index is 1.94. The van der Waals surface area contributed by atoms with Gasteiger partial charge in [-0.3, -0.25) is 0 Å². The zero-order valence-corrected chi connectivity index (χ0v) is 13.3. The highest BCUT2D eigenvalue weighted by Gasteiger charge is 2.21. The number of nitrogens with zero attached hydrogens (tertiary/aromatic N) is 2. The molecule has 1 aromatic heterocycles. The Morgan fingerprint density at radius 3 is 2.57 bits per heavy atom. The van der Waals surface area contributed by atoms with Gasteiger partial charge in [0, 0.05) is 18.7 Å². The Bertz CT molecular complexity index is 635. The molecule has 0 bridgehead atoms. The molecule has 1 fully saturated rings. The summed E-state index contributed by atoms with van der Waals surface area (Å²) in [4.78, 5) is 4.62. The van der Waals surface area contributed by atoms with Gasteiger partial charge in [0.1, 0.15) is 5.82 Å². The number of imidazole rings is 1. The van der Waals surface area contributed by atoms with Gasteiger partial charge >= 0.3 is 0 Å². The van der Waals surface area contributed by atoms with E-state index in [2.05, 4.69) is 9.55 Å². The standard InChI is InChI=1S/C16H21ClN2O2/c1-20-14-8-12-13(9-15(14)21-2)19(16(10-17)18-12)7-3-4-11-5-6-11/h8-9,11H,3-7,10H2,1-2H3. The van der Waals surface area contributed by atoms with Gasteiger partial charge in [-0.25, -0.2) is 4.98 Å². The highest BCUT2D eigenvalue weighted by molar-refractivity contribution is 6.16. The lowest BCUT2D eigenvalue weighted by Crippen LogP contribution is -2.03. The second kappa shape index (κ2) is 6.14. The van der Waals surface area contributed by atoms with Crippen molar-refractivity contribution in [3.05, 3.63) is 18.0 Å². The number of alkyl halides is 1. The van der Waals surface area contributed by atoms with Gasteiger partial charge in [0.25, 0.3) is 0 Å². The van der Waals surface area contributed by atoms with Crippen LogP contribution >= 0.6 is 11.6 Å². The molecule has 0 saturated heterocycles. The molecular weight excluding hydrogens is 288 g/mol. The first-order valence-electron chi connectivity index (χ1n) is 7.44. The largest absolute Gasteiger partial charge is 0.493 e. The van der Waals surface area contributed by atoms with E-state index in [1.807, 2.05) is 12.1 Å². The van der Waals surface area contributed by atoms with Crippen LogP contribution in [0.5, 0.6) is 11.5 Å². The maximum Gasteiger partial charge on any atom is 0.163 e. The van der Waals surface area contributed by atoms with Crippen LogP contribution in [0.1, 0.15) is 31.5 Å². The third-order valence-corrected chi connectivity index (χ3v) is 4.38. The predicted molar refractivity (Wildman–Crippen MR) is 84.4 cm³/mol. The molecule has 1 saturated carbocycles. The molecule has 1 aromatic carbocycles. The van der Waals surface area contributed by atoms with Crippen LogP contribution in [0.4, 0.5) is 0 Å². The van der Waals surface area contributed by atoms with Crippen molar-refractivity contribution in [2.75, 3.05) is 14.2 Å². The zero-order valence-electron chi connectivity index (χ0n) is 12.6. The normalized spacial score (nSPS) is 14.6. The van der Waals surface area contributed by atoms with Crippen LogP contribution in [0.2, 0.25) is 0 Å². The maximum atomic E-state index is 6.06. The summed E-state index contributed by atoms with van der Waals surface area (Å²) < 4.78 is 13.0. The fourth-order valence-corrected chi connectivity index (χ4v) is 3.00. The van der Waals surface area contributed by atoms with Crippen LogP contribution in [-0.4, -0.2) is 23.8 Å². The van der Waals surface area contributed by atoms with Crippen LogP contribution in [0.25, 0.3) is 11.0 Å². The molecule has 0 amide bonds. The number of methoxy groups -OCH3 is 2. The molecule has 1 heterocycles. The molecule has 2 aromatic rings. The van der Waals surface area contributed by atoms with Crippen LogP contribution in [0, 0.1) is 5.92 Å². The Morgan fingerprint density at radius 1 is 1.24 bits per heavy atom. The van der Waals surface area contributed by atoms with E-state index in [4.69, 9.17) is 21.1 Å². The van der Waals surface area contributed by atoms with Gasteiger partial charge in [-0.15, -0.1) is 11.6 Å². The lowest BCUT2D eigenvalue weighted by Gasteiger charge is -2.10. The van der Waals surface area contributed by atoms with Gasteiger partial charge in [0.2, 0.25) is 0 Å². The molecule has 4 nitrogen and oxygen atoms in total. The van der Waals surface area contributed by atoms with Crippen molar-refractivity contribution in [3.8, 4) is 11.5 Å². The minimum absolute atomic E-state index is 0.419. The molecule has 21 heavy (non-hydrogen) atoms. The van der Waals surface area contributed by atoms with E-state index in [1.54, 1.807) is 14.2 Å². The fourth-order valence-electron chi connectivity index (χ4n) is 2.80. The molecule has 0 unspecified atom stereocenters. The fraction of sp³-hybridized carbons (Fsp3) is 0.562. The van der Waals surface area contributed by atoms with E-state index in [0.29, 0.717) is 11.6 Å². The van der Waals surface area contributed by atoms with Crippen molar-refractivity contribution in [1.82, 2.24) is 9.55 Å². The lowest BCUT2D eigenvalue weighted by atomic mass is 10.2. The maximum absolute atomic E-state index is 6.06. The highest BCUT2D eigenvalue weighted by Crippen LogP contribution is 2.35. The second-order valence-electron chi connectivity index (χ2n) is 5.59. The minimum Gasteiger partial charge on any atom is -0.493 e. The molecule has 0 aliphatic heterocycles. The number of benzene rings is 1. The third-order valence-electron chi connectivity index (χ3n) is 4.14. The molecule has 3 rings (SSSR count). The molecule has 1 aliphatic carbocycles. The van der Waals surface area contributed by atoms with E-state index in [9.17, 15) is 0 Å². The van der Waals surface area contributed by atoms with Crippen molar-refractivity contribution < 1.29 is 9.47 Å². The van der Waals surface area contributed by atoms with Gasteiger partial charge in [-0.05, 0) is 18.8 Å². The van der Waals surface area contributed by atoms with Crippen LogP contribution in [0.3, 0.4) is 0 Å². The SMILES string of the molecule is COc1cc2nc(CCl)n(CCCC3CC3)c2cc1OC. The first-order chi connectivity index (χ1) is 10.3. The summed E-state index contributed by atoms with van der Waals surface area (Å²) in [7, 11) is 3.29. The number of hydrogen-bond acceptors (Lipinski definition) is 3. The van der Waals surface area contributed by atoms with Crippen LogP contribution in [0.15, 0.2) is 12.1 Å². The average molecular weight is 309 g/mol. The summed E-state index contributed by atoms with van der Waals surface area (Å²) >= 11 is 6.06. The topological polar surface area (TPSA) is 36.3 Å². The summed E-state index contributed by atoms with van der Waals surface area (Å²) in [5, 5.41) is 0. The first-order valence-corrected chi connectivity index (χ1v) is 7.97. The van der Waals surface area contributed by atoms with E-state index >= 15 is 0 Å². The van der Waals surface area contributed by atoms with E-state index in [1.165, 1.54) is 25.7 Å². The van der Waals surface area contributed by atoms with Gasteiger partial charge in [-0.2, -0.15) is 0 Å². The van der Waals surface area contributed by atoms with Gasteiger partial charge in [-0.1, -0.05) is 12.8 Å². The molecule has 0 radical (unpaired) electrons. The van der Waals surface area contributed by atoms with E-state index < -0.39 is 0 Å².